The van der Waals surface area contributed by atoms with E-state index in [-0.39, 0.29) is 5.60 Å². The third kappa shape index (κ3) is 1.47. The minimum absolute atomic E-state index is 0.241. The molecule has 2 aliphatic carbocycles. The van der Waals surface area contributed by atoms with Crippen molar-refractivity contribution in [3.8, 4) is 0 Å². The molecule has 0 radical (unpaired) electrons. The van der Waals surface area contributed by atoms with Crippen molar-refractivity contribution in [3.63, 3.8) is 0 Å². The molecule has 2 saturated carbocycles. The van der Waals surface area contributed by atoms with E-state index in [2.05, 4.69) is 20.4 Å². The first kappa shape index (κ1) is 9.89. The van der Waals surface area contributed by atoms with Gasteiger partial charge in [0.25, 0.3) is 0 Å². The highest BCUT2D eigenvalue weighted by Crippen LogP contribution is 2.53. The Bertz CT molecular complexity index is 296. The van der Waals surface area contributed by atoms with Crippen molar-refractivity contribution in [3.05, 3.63) is 12.2 Å². The summed E-state index contributed by atoms with van der Waals surface area (Å²) < 4.78 is 5.83. The molecular formula is C14H22O. The summed E-state index contributed by atoms with van der Waals surface area (Å²) in [5.74, 6) is 2.68. The average molecular weight is 206 g/mol. The van der Waals surface area contributed by atoms with Gasteiger partial charge >= 0.3 is 0 Å². The molecule has 1 saturated heterocycles. The third-order valence-corrected chi connectivity index (χ3v) is 5.13. The van der Waals surface area contributed by atoms with E-state index in [4.69, 9.17) is 4.74 Å². The van der Waals surface area contributed by atoms with Crippen molar-refractivity contribution in [1.29, 1.82) is 0 Å². The molecule has 1 heteroatoms. The summed E-state index contributed by atoms with van der Waals surface area (Å²) >= 11 is 0. The summed E-state index contributed by atoms with van der Waals surface area (Å²) in [7, 11) is 0. The molecule has 0 aromatic carbocycles. The first-order valence-corrected chi connectivity index (χ1v) is 6.45. The van der Waals surface area contributed by atoms with Gasteiger partial charge in [-0.05, 0) is 56.8 Å². The zero-order valence-electron chi connectivity index (χ0n) is 9.96. The second-order valence-electron chi connectivity index (χ2n) is 6.14. The normalized spacial score (nSPS) is 54.1. The minimum Gasteiger partial charge on any atom is -0.366 e. The smallest absolute Gasteiger partial charge is 0.0920 e. The van der Waals surface area contributed by atoms with Crippen molar-refractivity contribution in [2.45, 2.75) is 57.7 Å². The first-order chi connectivity index (χ1) is 7.10. The lowest BCUT2D eigenvalue weighted by Gasteiger charge is -2.44. The molecular weight excluding hydrogens is 184 g/mol. The van der Waals surface area contributed by atoms with Crippen molar-refractivity contribution in [2.75, 3.05) is 0 Å². The lowest BCUT2D eigenvalue weighted by Crippen LogP contribution is -2.36. The molecule has 5 unspecified atom stereocenters. The summed E-state index contributed by atoms with van der Waals surface area (Å²) in [6, 6.07) is 0. The molecule has 0 aromatic heterocycles. The van der Waals surface area contributed by atoms with Gasteiger partial charge in [0, 0.05) is 0 Å². The quantitative estimate of drug-likeness (QED) is 0.436. The monoisotopic (exact) mass is 206 g/mol. The van der Waals surface area contributed by atoms with E-state index in [1.165, 1.54) is 37.7 Å². The fourth-order valence-electron chi connectivity index (χ4n) is 3.74. The Balaban J connectivity index is 1.74. The Morgan fingerprint density at radius 1 is 1.40 bits per heavy atom. The number of hydrogen-bond acceptors (Lipinski definition) is 1. The fourth-order valence-corrected chi connectivity index (χ4v) is 3.74. The molecule has 0 amide bonds. The van der Waals surface area contributed by atoms with Crippen LogP contribution in [-0.2, 0) is 4.74 Å². The van der Waals surface area contributed by atoms with Gasteiger partial charge in [0.15, 0.2) is 0 Å². The molecule has 15 heavy (non-hydrogen) atoms. The maximum atomic E-state index is 5.83. The molecule has 0 N–H and O–H groups in total. The van der Waals surface area contributed by atoms with Crippen LogP contribution in [0.3, 0.4) is 0 Å². The fraction of sp³-hybridized carbons (Fsp3) is 0.857. The number of fused-ring (bicyclic) bond motifs is 2. The van der Waals surface area contributed by atoms with Gasteiger partial charge in [-0.15, -0.1) is 0 Å². The van der Waals surface area contributed by atoms with Gasteiger partial charge in [0.05, 0.1) is 11.7 Å². The SMILES string of the molecule is C=C1CCC2OC2(C)CCC2C(C)CC12. The number of allylic oxidation sites excluding steroid dienone is 1. The van der Waals surface area contributed by atoms with Gasteiger partial charge in [0.2, 0.25) is 0 Å². The maximum absolute atomic E-state index is 5.83. The zero-order chi connectivity index (χ0) is 10.6. The summed E-state index contributed by atoms with van der Waals surface area (Å²) in [5.41, 5.74) is 1.75. The second-order valence-corrected chi connectivity index (χ2v) is 6.14. The lowest BCUT2D eigenvalue weighted by atomic mass is 9.61. The van der Waals surface area contributed by atoms with Crippen LogP contribution in [0.2, 0.25) is 0 Å². The molecule has 0 aromatic rings. The van der Waals surface area contributed by atoms with Crippen LogP contribution < -0.4 is 0 Å². The molecule has 1 aliphatic heterocycles. The summed E-state index contributed by atoms with van der Waals surface area (Å²) in [4.78, 5) is 0. The van der Waals surface area contributed by atoms with Gasteiger partial charge in [0.1, 0.15) is 0 Å². The highest BCUT2D eigenvalue weighted by atomic mass is 16.6. The highest BCUT2D eigenvalue weighted by Gasteiger charge is 2.53. The van der Waals surface area contributed by atoms with Gasteiger partial charge in [-0.3, -0.25) is 0 Å². The lowest BCUT2D eigenvalue weighted by molar-refractivity contribution is 0.0923. The van der Waals surface area contributed by atoms with Crippen LogP contribution in [0.25, 0.3) is 0 Å². The van der Waals surface area contributed by atoms with Gasteiger partial charge < -0.3 is 4.74 Å². The van der Waals surface area contributed by atoms with Gasteiger partial charge in [-0.1, -0.05) is 19.1 Å². The number of rotatable bonds is 0. The summed E-state index contributed by atoms with van der Waals surface area (Å²) in [6.07, 6.45) is 6.99. The van der Waals surface area contributed by atoms with Crippen LogP contribution in [0.4, 0.5) is 0 Å². The first-order valence-electron chi connectivity index (χ1n) is 6.45. The Morgan fingerprint density at radius 2 is 2.20 bits per heavy atom. The van der Waals surface area contributed by atoms with E-state index < -0.39 is 0 Å². The van der Waals surface area contributed by atoms with Crippen LogP contribution in [0, 0.1) is 17.8 Å². The number of hydrogen-bond donors (Lipinski definition) is 0. The molecule has 5 atom stereocenters. The van der Waals surface area contributed by atoms with E-state index in [1.54, 1.807) is 0 Å². The predicted molar refractivity (Wildman–Crippen MR) is 61.6 cm³/mol. The Kier molecular flexibility index (Phi) is 2.04. The van der Waals surface area contributed by atoms with Crippen LogP contribution in [-0.4, -0.2) is 11.7 Å². The zero-order valence-corrected chi connectivity index (χ0v) is 9.96. The number of ether oxygens (including phenoxy) is 1. The van der Waals surface area contributed by atoms with Crippen molar-refractivity contribution in [1.82, 2.24) is 0 Å². The van der Waals surface area contributed by atoms with E-state index in [0.717, 1.165) is 17.8 Å². The largest absolute Gasteiger partial charge is 0.366 e. The van der Waals surface area contributed by atoms with Crippen molar-refractivity contribution >= 4 is 0 Å². The van der Waals surface area contributed by atoms with E-state index >= 15 is 0 Å². The van der Waals surface area contributed by atoms with Gasteiger partial charge in [-0.2, -0.15) is 0 Å². The van der Waals surface area contributed by atoms with Gasteiger partial charge in [-0.25, -0.2) is 0 Å². The minimum atomic E-state index is 0.241. The van der Waals surface area contributed by atoms with E-state index in [9.17, 15) is 0 Å². The highest BCUT2D eigenvalue weighted by molar-refractivity contribution is 5.13. The topological polar surface area (TPSA) is 12.5 Å². The molecule has 3 fully saturated rings. The van der Waals surface area contributed by atoms with E-state index in [1.807, 2.05) is 0 Å². The molecule has 1 heterocycles. The molecule has 0 bridgehead atoms. The third-order valence-electron chi connectivity index (χ3n) is 5.13. The second kappa shape index (κ2) is 3.10. The predicted octanol–water partition coefficient (Wildman–Crippen LogP) is 3.55. The Morgan fingerprint density at radius 3 is 2.93 bits per heavy atom. The molecule has 3 aliphatic rings. The van der Waals surface area contributed by atoms with Crippen LogP contribution in [0.1, 0.15) is 46.0 Å². The van der Waals surface area contributed by atoms with E-state index in [0.29, 0.717) is 6.10 Å². The maximum Gasteiger partial charge on any atom is 0.0920 e. The van der Waals surface area contributed by atoms with Crippen molar-refractivity contribution < 1.29 is 4.74 Å². The van der Waals surface area contributed by atoms with Crippen LogP contribution in [0.5, 0.6) is 0 Å². The van der Waals surface area contributed by atoms with Crippen molar-refractivity contribution in [2.24, 2.45) is 17.8 Å². The average Bonchev–Trinajstić information content (AvgIpc) is 2.81. The molecule has 0 spiro atoms. The Hall–Kier alpha value is -0.300. The van der Waals surface area contributed by atoms with Crippen LogP contribution >= 0.6 is 0 Å². The van der Waals surface area contributed by atoms with Crippen LogP contribution in [0.15, 0.2) is 12.2 Å². The summed E-state index contributed by atoms with van der Waals surface area (Å²) in [5, 5.41) is 0. The Labute approximate surface area is 92.9 Å². The standard InChI is InChI=1S/C14H22O/c1-9-4-5-13-14(3,15-13)7-6-11-10(2)8-12(9)11/h10-13H,1,4-8H2,2-3H3. The summed E-state index contributed by atoms with van der Waals surface area (Å²) in [6.45, 7) is 8.99. The number of epoxide rings is 1. The molecule has 3 rings (SSSR count). The molecule has 84 valence electrons. The molecule has 1 nitrogen and oxygen atoms in total.